The summed E-state index contributed by atoms with van der Waals surface area (Å²) in [4.78, 5) is 27.4. The number of amides is 2. The zero-order chi connectivity index (χ0) is 23.8. The number of carbonyl (C=O) groups is 2. The predicted molar refractivity (Wildman–Crippen MR) is 131 cm³/mol. The number of hydrogen-bond acceptors (Lipinski definition) is 3. The molecule has 1 atom stereocenters. The van der Waals surface area contributed by atoms with Gasteiger partial charge in [-0.15, -0.1) is 0 Å². The maximum atomic E-state index is 13.2. The molecule has 0 saturated carbocycles. The van der Waals surface area contributed by atoms with Crippen LogP contribution in [0.1, 0.15) is 48.9 Å². The van der Waals surface area contributed by atoms with Crippen LogP contribution in [-0.2, 0) is 16.1 Å². The fraction of sp³-hybridized carbons (Fsp3) is 0.440. The lowest BCUT2D eigenvalue weighted by Crippen LogP contribution is -2.49. The van der Waals surface area contributed by atoms with Crippen LogP contribution in [0.4, 0.5) is 0 Å². The molecule has 2 rings (SSSR count). The summed E-state index contributed by atoms with van der Waals surface area (Å²) in [5, 5.41) is 3.85. The number of aryl methyl sites for hydroxylation is 2. The van der Waals surface area contributed by atoms with Crippen molar-refractivity contribution in [2.45, 2.75) is 60.0 Å². The first-order valence-electron chi connectivity index (χ1n) is 10.9. The quantitative estimate of drug-likeness (QED) is 0.450. The van der Waals surface area contributed by atoms with Crippen LogP contribution in [-0.4, -0.2) is 35.9 Å². The molecule has 1 N–H and O–H groups in total. The maximum absolute atomic E-state index is 13.2. The van der Waals surface area contributed by atoms with Gasteiger partial charge in [-0.05, 0) is 74.6 Å². The van der Waals surface area contributed by atoms with Crippen molar-refractivity contribution in [3.63, 3.8) is 0 Å². The predicted octanol–water partition coefficient (Wildman–Crippen LogP) is 5.63. The zero-order valence-electron chi connectivity index (χ0n) is 19.4. The Labute approximate surface area is 201 Å². The smallest absolute Gasteiger partial charge is 0.261 e. The van der Waals surface area contributed by atoms with Gasteiger partial charge in [0, 0.05) is 23.1 Å². The molecule has 0 radical (unpaired) electrons. The molecule has 2 aromatic carbocycles. The van der Waals surface area contributed by atoms with Crippen molar-refractivity contribution in [3.8, 4) is 5.75 Å². The fourth-order valence-electron chi connectivity index (χ4n) is 3.33. The third-order valence-electron chi connectivity index (χ3n) is 5.47. The van der Waals surface area contributed by atoms with E-state index in [-0.39, 0.29) is 25.0 Å². The molecule has 0 aliphatic heterocycles. The van der Waals surface area contributed by atoms with Crippen molar-refractivity contribution < 1.29 is 14.3 Å². The second-order valence-electron chi connectivity index (χ2n) is 8.07. The number of ether oxygens (including phenoxy) is 1. The van der Waals surface area contributed by atoms with E-state index in [4.69, 9.17) is 27.9 Å². The maximum Gasteiger partial charge on any atom is 0.261 e. The van der Waals surface area contributed by atoms with Gasteiger partial charge in [0.2, 0.25) is 5.91 Å². The normalized spacial score (nSPS) is 11.7. The van der Waals surface area contributed by atoms with Gasteiger partial charge in [0.25, 0.3) is 5.91 Å². The van der Waals surface area contributed by atoms with Gasteiger partial charge in [-0.25, -0.2) is 0 Å². The largest absolute Gasteiger partial charge is 0.483 e. The highest BCUT2D eigenvalue weighted by atomic mass is 35.5. The van der Waals surface area contributed by atoms with Crippen LogP contribution in [0.15, 0.2) is 30.3 Å². The lowest BCUT2D eigenvalue weighted by molar-refractivity contribution is -0.142. The van der Waals surface area contributed by atoms with Crippen LogP contribution in [0.2, 0.25) is 10.0 Å². The molecule has 7 heteroatoms. The van der Waals surface area contributed by atoms with E-state index in [2.05, 4.69) is 18.3 Å². The van der Waals surface area contributed by atoms with Crippen molar-refractivity contribution in [1.29, 1.82) is 0 Å². The molecule has 0 spiro atoms. The van der Waals surface area contributed by atoms with Gasteiger partial charge >= 0.3 is 0 Å². The van der Waals surface area contributed by atoms with Gasteiger partial charge in [-0.1, -0.05) is 48.7 Å². The van der Waals surface area contributed by atoms with E-state index in [0.717, 1.165) is 29.5 Å². The molecule has 0 fully saturated rings. The first kappa shape index (κ1) is 26.0. The van der Waals surface area contributed by atoms with Crippen molar-refractivity contribution >= 4 is 35.0 Å². The fourth-order valence-corrected chi connectivity index (χ4v) is 3.79. The lowest BCUT2D eigenvalue weighted by atomic mass is 10.1. The lowest BCUT2D eigenvalue weighted by Gasteiger charge is -2.29. The van der Waals surface area contributed by atoms with Crippen LogP contribution in [0.5, 0.6) is 5.75 Å². The Bertz CT molecular complexity index is 962. The molecule has 174 valence electrons. The highest BCUT2D eigenvalue weighted by Crippen LogP contribution is 2.25. The van der Waals surface area contributed by atoms with Gasteiger partial charge in [0.05, 0.1) is 0 Å². The molecule has 0 bridgehead atoms. The minimum atomic E-state index is -0.685. The van der Waals surface area contributed by atoms with Crippen molar-refractivity contribution in [2.75, 3.05) is 13.2 Å². The summed E-state index contributed by atoms with van der Waals surface area (Å²) in [6.45, 7) is 10.3. The zero-order valence-corrected chi connectivity index (χ0v) is 20.9. The Morgan fingerprint density at radius 2 is 1.84 bits per heavy atom. The molecule has 0 aromatic heterocycles. The number of nitrogens with one attached hydrogen (secondary N) is 1. The Morgan fingerprint density at radius 3 is 2.50 bits per heavy atom. The number of benzene rings is 2. The van der Waals surface area contributed by atoms with E-state index in [1.54, 1.807) is 25.1 Å². The average molecular weight is 479 g/mol. The van der Waals surface area contributed by atoms with Crippen LogP contribution < -0.4 is 10.1 Å². The number of carbonyl (C=O) groups excluding carboxylic acids is 2. The minimum absolute atomic E-state index is 0.173. The Hall–Kier alpha value is -2.24. The summed E-state index contributed by atoms with van der Waals surface area (Å²) in [7, 11) is 0. The molecule has 2 aromatic rings. The highest BCUT2D eigenvalue weighted by molar-refractivity contribution is 6.35. The summed E-state index contributed by atoms with van der Waals surface area (Å²) < 4.78 is 5.88. The van der Waals surface area contributed by atoms with Gasteiger partial charge in [0.15, 0.2) is 6.61 Å². The van der Waals surface area contributed by atoms with E-state index < -0.39 is 6.04 Å². The number of unbranched alkanes of at least 4 members (excludes halogenated alkanes) is 1. The van der Waals surface area contributed by atoms with Gasteiger partial charge < -0.3 is 15.0 Å². The number of hydrogen-bond donors (Lipinski definition) is 1. The molecule has 0 heterocycles. The van der Waals surface area contributed by atoms with Crippen LogP contribution in [0.3, 0.4) is 0 Å². The monoisotopic (exact) mass is 478 g/mol. The summed E-state index contributed by atoms with van der Waals surface area (Å²) in [6.07, 6.45) is 1.85. The molecular formula is C25H32Cl2N2O3. The van der Waals surface area contributed by atoms with Gasteiger partial charge in [0.1, 0.15) is 11.8 Å². The molecule has 0 saturated heterocycles. The van der Waals surface area contributed by atoms with E-state index in [0.29, 0.717) is 27.9 Å². The van der Waals surface area contributed by atoms with E-state index in [9.17, 15) is 9.59 Å². The number of halogens is 2. The molecule has 2 amide bonds. The standard InChI is InChI=1S/C25H32Cl2N2O3/c1-6-7-10-28-25(31)19(5)29(14-20-8-9-21(26)13-22(20)27)24(30)15-32-23-12-16(2)11-17(3)18(23)4/h8-9,11-13,19H,6-7,10,14-15H2,1-5H3,(H,28,31)/t19-/m0/s1. The summed E-state index contributed by atoms with van der Waals surface area (Å²) in [5.74, 6) is 0.160. The van der Waals surface area contributed by atoms with Gasteiger partial charge in [-0.2, -0.15) is 0 Å². The summed E-state index contributed by atoms with van der Waals surface area (Å²) in [5.41, 5.74) is 3.85. The third-order valence-corrected chi connectivity index (χ3v) is 6.05. The van der Waals surface area contributed by atoms with Crippen molar-refractivity contribution in [1.82, 2.24) is 10.2 Å². The van der Waals surface area contributed by atoms with Crippen LogP contribution >= 0.6 is 23.2 Å². The van der Waals surface area contributed by atoms with Crippen molar-refractivity contribution in [2.24, 2.45) is 0 Å². The Balaban J connectivity index is 2.22. The third kappa shape index (κ3) is 7.14. The van der Waals surface area contributed by atoms with Gasteiger partial charge in [-0.3, -0.25) is 9.59 Å². The number of rotatable bonds is 10. The van der Waals surface area contributed by atoms with E-state index >= 15 is 0 Å². The average Bonchev–Trinajstić information content (AvgIpc) is 2.74. The van der Waals surface area contributed by atoms with Crippen molar-refractivity contribution in [3.05, 3.63) is 62.6 Å². The first-order chi connectivity index (χ1) is 15.1. The first-order valence-corrected chi connectivity index (χ1v) is 11.6. The highest BCUT2D eigenvalue weighted by Gasteiger charge is 2.27. The van der Waals surface area contributed by atoms with Crippen LogP contribution in [0.25, 0.3) is 0 Å². The Kier molecular flexibility index (Phi) is 9.85. The molecule has 0 aliphatic carbocycles. The summed E-state index contributed by atoms with van der Waals surface area (Å²) in [6, 6.07) is 8.41. The number of nitrogens with zero attached hydrogens (tertiary/aromatic N) is 1. The molecule has 32 heavy (non-hydrogen) atoms. The van der Waals surface area contributed by atoms with E-state index in [1.165, 1.54) is 4.90 Å². The molecule has 0 aliphatic rings. The summed E-state index contributed by atoms with van der Waals surface area (Å²) >= 11 is 12.3. The Morgan fingerprint density at radius 1 is 1.12 bits per heavy atom. The topological polar surface area (TPSA) is 58.6 Å². The van der Waals surface area contributed by atoms with E-state index in [1.807, 2.05) is 26.8 Å². The SMILES string of the molecule is CCCCNC(=O)[C@H](C)N(Cc1ccc(Cl)cc1Cl)C(=O)COc1cc(C)cc(C)c1C. The second-order valence-corrected chi connectivity index (χ2v) is 8.92. The van der Waals surface area contributed by atoms with Crippen LogP contribution in [0, 0.1) is 20.8 Å². The minimum Gasteiger partial charge on any atom is -0.483 e. The molecule has 5 nitrogen and oxygen atoms in total. The molecule has 0 unspecified atom stereocenters. The second kappa shape index (κ2) is 12.1. The molecular weight excluding hydrogens is 447 g/mol.